The van der Waals surface area contributed by atoms with E-state index in [1.54, 1.807) is 37.8 Å². The smallest absolute Gasteiger partial charge is 0.189 e. The van der Waals surface area contributed by atoms with E-state index in [-0.39, 0.29) is 5.78 Å². The van der Waals surface area contributed by atoms with Gasteiger partial charge in [0, 0.05) is 46.9 Å². The fourth-order valence-electron chi connectivity index (χ4n) is 2.65. The summed E-state index contributed by atoms with van der Waals surface area (Å²) in [6, 6.07) is 5.31. The Kier molecular flexibility index (Phi) is 3.17. The standard InChI is InChI=1S/C17H14N4O2/c1-10-5-15(21-23-10)16(22)14-9-20-17-13(14)6-12(8-19-17)11-3-2-4-18-7-11/h2-9,15,21H,1H3,(H,19,20). The molecule has 0 radical (unpaired) electrons. The maximum absolute atomic E-state index is 12.7. The highest BCUT2D eigenvalue weighted by Gasteiger charge is 2.25. The molecule has 0 spiro atoms. The number of hydroxylamine groups is 1. The molecule has 2 N–H and O–H groups in total. The number of Topliss-reactive ketones (excluding diaryl/α,β-unsaturated/α-hetero) is 1. The molecule has 114 valence electrons. The molecule has 1 atom stereocenters. The Morgan fingerprint density at radius 2 is 2.22 bits per heavy atom. The van der Waals surface area contributed by atoms with Gasteiger partial charge in [-0.2, -0.15) is 0 Å². The van der Waals surface area contributed by atoms with E-state index in [2.05, 4.69) is 20.4 Å². The number of nitrogens with one attached hydrogen (secondary N) is 2. The van der Waals surface area contributed by atoms with Crippen molar-refractivity contribution in [2.45, 2.75) is 13.0 Å². The van der Waals surface area contributed by atoms with Crippen LogP contribution in [0.5, 0.6) is 0 Å². The molecule has 3 aromatic rings. The highest BCUT2D eigenvalue weighted by atomic mass is 16.7. The Morgan fingerprint density at radius 3 is 2.96 bits per heavy atom. The fourth-order valence-corrected chi connectivity index (χ4v) is 2.65. The molecule has 0 saturated heterocycles. The molecule has 4 heterocycles. The van der Waals surface area contributed by atoms with Gasteiger partial charge in [0.1, 0.15) is 17.4 Å². The molecule has 0 aromatic carbocycles. The summed E-state index contributed by atoms with van der Waals surface area (Å²) in [6.45, 7) is 1.80. The van der Waals surface area contributed by atoms with Crippen LogP contribution in [0.1, 0.15) is 17.3 Å². The van der Waals surface area contributed by atoms with Gasteiger partial charge in [-0.05, 0) is 25.1 Å². The number of hydrogen-bond donors (Lipinski definition) is 2. The molecule has 3 aromatic heterocycles. The Balaban J connectivity index is 1.78. The number of hydrogen-bond acceptors (Lipinski definition) is 5. The van der Waals surface area contributed by atoms with Crippen molar-refractivity contribution in [3.8, 4) is 11.1 Å². The van der Waals surface area contributed by atoms with Gasteiger partial charge in [-0.3, -0.25) is 9.78 Å². The highest BCUT2D eigenvalue weighted by molar-refractivity contribution is 6.11. The predicted molar refractivity (Wildman–Crippen MR) is 85.4 cm³/mol. The number of carbonyl (C=O) groups excluding carboxylic acids is 1. The number of ketones is 1. The molecule has 0 amide bonds. The topological polar surface area (TPSA) is 79.9 Å². The van der Waals surface area contributed by atoms with Gasteiger partial charge in [0.25, 0.3) is 0 Å². The number of rotatable bonds is 3. The van der Waals surface area contributed by atoms with Crippen molar-refractivity contribution in [2.75, 3.05) is 0 Å². The summed E-state index contributed by atoms with van der Waals surface area (Å²) in [5.41, 5.74) is 5.86. The van der Waals surface area contributed by atoms with Gasteiger partial charge >= 0.3 is 0 Å². The van der Waals surface area contributed by atoms with Crippen molar-refractivity contribution in [1.82, 2.24) is 20.4 Å². The molecule has 0 aliphatic carbocycles. The molecule has 0 fully saturated rings. The van der Waals surface area contributed by atoms with Crippen molar-refractivity contribution in [1.29, 1.82) is 0 Å². The van der Waals surface area contributed by atoms with Gasteiger partial charge in [0.15, 0.2) is 5.78 Å². The number of nitrogens with zero attached hydrogens (tertiary/aromatic N) is 2. The van der Waals surface area contributed by atoms with Gasteiger partial charge in [-0.1, -0.05) is 6.07 Å². The lowest BCUT2D eigenvalue weighted by atomic mass is 10.0. The molecule has 1 aliphatic rings. The van der Waals surface area contributed by atoms with Gasteiger partial charge in [0.05, 0.1) is 0 Å². The minimum absolute atomic E-state index is 0.0572. The van der Waals surface area contributed by atoms with Crippen molar-refractivity contribution in [2.24, 2.45) is 0 Å². The highest BCUT2D eigenvalue weighted by Crippen LogP contribution is 2.25. The summed E-state index contributed by atoms with van der Waals surface area (Å²) in [5, 5.41) is 0.788. The van der Waals surface area contributed by atoms with Crippen LogP contribution < -0.4 is 5.48 Å². The second-order valence-electron chi connectivity index (χ2n) is 5.40. The van der Waals surface area contributed by atoms with E-state index in [0.717, 1.165) is 16.5 Å². The number of allylic oxidation sites excluding steroid dienone is 1. The van der Waals surface area contributed by atoms with E-state index in [4.69, 9.17) is 4.84 Å². The Bertz CT molecular complexity index is 915. The molecule has 23 heavy (non-hydrogen) atoms. The van der Waals surface area contributed by atoms with Gasteiger partial charge in [0.2, 0.25) is 0 Å². The summed E-state index contributed by atoms with van der Waals surface area (Å²) >= 11 is 0. The molecular weight excluding hydrogens is 292 g/mol. The number of fused-ring (bicyclic) bond motifs is 1. The summed E-state index contributed by atoms with van der Waals surface area (Å²) < 4.78 is 0. The summed E-state index contributed by atoms with van der Waals surface area (Å²) in [4.78, 5) is 29.4. The van der Waals surface area contributed by atoms with Crippen LogP contribution in [0.2, 0.25) is 0 Å². The van der Waals surface area contributed by atoms with Gasteiger partial charge < -0.3 is 9.82 Å². The first-order valence-electron chi connectivity index (χ1n) is 7.25. The Hall–Kier alpha value is -2.99. The van der Waals surface area contributed by atoms with Crippen LogP contribution in [0.4, 0.5) is 0 Å². The van der Waals surface area contributed by atoms with Crippen LogP contribution >= 0.6 is 0 Å². The Labute approximate surface area is 132 Å². The predicted octanol–water partition coefficient (Wildman–Crippen LogP) is 2.61. The monoisotopic (exact) mass is 306 g/mol. The number of carbonyl (C=O) groups is 1. The third-order valence-corrected chi connectivity index (χ3v) is 3.82. The second kappa shape index (κ2) is 5.33. The van der Waals surface area contributed by atoms with Crippen LogP contribution in [-0.2, 0) is 4.84 Å². The molecule has 6 nitrogen and oxygen atoms in total. The molecule has 1 aliphatic heterocycles. The molecule has 0 bridgehead atoms. The summed E-state index contributed by atoms with van der Waals surface area (Å²) in [6.07, 6.45) is 8.72. The first kappa shape index (κ1) is 13.7. The van der Waals surface area contributed by atoms with Crippen LogP contribution in [0.25, 0.3) is 22.2 Å². The van der Waals surface area contributed by atoms with E-state index < -0.39 is 6.04 Å². The van der Waals surface area contributed by atoms with E-state index in [9.17, 15) is 4.79 Å². The zero-order chi connectivity index (χ0) is 15.8. The maximum atomic E-state index is 12.7. The number of pyridine rings is 2. The third-order valence-electron chi connectivity index (χ3n) is 3.82. The zero-order valence-corrected chi connectivity index (χ0v) is 12.4. The lowest BCUT2D eigenvalue weighted by molar-refractivity contribution is 0.0808. The maximum Gasteiger partial charge on any atom is 0.189 e. The quantitative estimate of drug-likeness (QED) is 0.727. The van der Waals surface area contributed by atoms with Crippen molar-refractivity contribution in [3.05, 3.63) is 60.4 Å². The number of H-pyrrole nitrogens is 1. The first-order chi connectivity index (χ1) is 11.2. The van der Waals surface area contributed by atoms with Crippen LogP contribution in [0.3, 0.4) is 0 Å². The average Bonchev–Trinajstić information content (AvgIpc) is 3.20. The van der Waals surface area contributed by atoms with E-state index in [0.29, 0.717) is 17.0 Å². The Morgan fingerprint density at radius 1 is 1.30 bits per heavy atom. The zero-order valence-electron chi connectivity index (χ0n) is 12.4. The average molecular weight is 306 g/mol. The third kappa shape index (κ3) is 2.39. The number of aromatic amines is 1. The van der Waals surface area contributed by atoms with E-state index in [1.165, 1.54) is 0 Å². The van der Waals surface area contributed by atoms with Crippen molar-refractivity contribution < 1.29 is 9.63 Å². The number of aromatic nitrogens is 3. The molecule has 1 unspecified atom stereocenters. The van der Waals surface area contributed by atoms with Gasteiger partial charge in [-0.15, -0.1) is 5.48 Å². The van der Waals surface area contributed by atoms with Crippen LogP contribution in [-0.4, -0.2) is 26.8 Å². The van der Waals surface area contributed by atoms with Crippen LogP contribution in [0.15, 0.2) is 54.8 Å². The van der Waals surface area contributed by atoms with E-state index >= 15 is 0 Å². The molecule has 4 rings (SSSR count). The normalized spacial score (nSPS) is 17.1. The summed E-state index contributed by atoms with van der Waals surface area (Å²) in [7, 11) is 0. The van der Waals surface area contributed by atoms with Crippen LogP contribution in [0, 0.1) is 0 Å². The van der Waals surface area contributed by atoms with Gasteiger partial charge in [-0.25, -0.2) is 4.98 Å². The van der Waals surface area contributed by atoms with Crippen molar-refractivity contribution >= 4 is 16.8 Å². The first-order valence-corrected chi connectivity index (χ1v) is 7.25. The minimum atomic E-state index is -0.476. The molecule has 6 heteroatoms. The minimum Gasteiger partial charge on any atom is -0.413 e. The largest absolute Gasteiger partial charge is 0.413 e. The SMILES string of the molecule is CC1=CC(C(=O)c2c[nH]c3ncc(-c4cccnc4)cc23)NO1. The summed E-state index contributed by atoms with van der Waals surface area (Å²) in [5.74, 6) is 0.635. The lowest BCUT2D eigenvalue weighted by Gasteiger charge is -2.06. The second-order valence-corrected chi connectivity index (χ2v) is 5.40. The van der Waals surface area contributed by atoms with Crippen molar-refractivity contribution in [3.63, 3.8) is 0 Å². The molecule has 0 saturated carbocycles. The fraction of sp³-hybridized carbons (Fsp3) is 0.118. The lowest BCUT2D eigenvalue weighted by Crippen LogP contribution is -2.30. The molecular formula is C17H14N4O2. The van der Waals surface area contributed by atoms with E-state index in [1.807, 2.05) is 18.2 Å².